The fraction of sp³-hybridized carbons (Fsp3) is 0.625. The molecular formula is C16H24N2O. The standard InChI is InChI=1S/C16H24N2O/c19-16-8-9-18(11-13-4-2-1-3-5-13)12-14(16)10-17-15-6-7-15/h1-5,14-17,19H,6-12H2. The van der Waals surface area contributed by atoms with Crippen molar-refractivity contribution in [1.82, 2.24) is 10.2 Å². The van der Waals surface area contributed by atoms with Gasteiger partial charge in [0.15, 0.2) is 0 Å². The molecule has 3 heteroatoms. The van der Waals surface area contributed by atoms with E-state index < -0.39 is 0 Å². The maximum absolute atomic E-state index is 10.1. The lowest BCUT2D eigenvalue weighted by atomic mass is 9.94. The largest absolute Gasteiger partial charge is 0.393 e. The van der Waals surface area contributed by atoms with Crippen LogP contribution in [0.1, 0.15) is 24.8 Å². The van der Waals surface area contributed by atoms with Crippen LogP contribution < -0.4 is 5.32 Å². The van der Waals surface area contributed by atoms with Crippen molar-refractivity contribution in [2.45, 2.75) is 38.0 Å². The molecule has 1 aliphatic carbocycles. The molecule has 19 heavy (non-hydrogen) atoms. The first-order chi connectivity index (χ1) is 9.31. The molecule has 2 fully saturated rings. The summed E-state index contributed by atoms with van der Waals surface area (Å²) in [7, 11) is 0. The first-order valence-corrected chi connectivity index (χ1v) is 7.49. The van der Waals surface area contributed by atoms with E-state index in [2.05, 4.69) is 40.5 Å². The number of benzene rings is 1. The fourth-order valence-electron chi connectivity index (χ4n) is 2.89. The lowest BCUT2D eigenvalue weighted by Gasteiger charge is -2.36. The zero-order chi connectivity index (χ0) is 13.1. The normalized spacial score (nSPS) is 28.5. The van der Waals surface area contributed by atoms with Gasteiger partial charge in [0.25, 0.3) is 0 Å². The number of aliphatic hydroxyl groups excluding tert-OH is 1. The van der Waals surface area contributed by atoms with Crippen molar-refractivity contribution < 1.29 is 5.11 Å². The van der Waals surface area contributed by atoms with Crippen molar-refractivity contribution in [3.8, 4) is 0 Å². The Bertz CT molecular complexity index is 391. The summed E-state index contributed by atoms with van der Waals surface area (Å²) in [6.45, 7) is 4.00. The Hall–Kier alpha value is -0.900. The third-order valence-electron chi connectivity index (χ3n) is 4.27. The third-order valence-corrected chi connectivity index (χ3v) is 4.27. The number of nitrogens with one attached hydrogen (secondary N) is 1. The van der Waals surface area contributed by atoms with E-state index in [1.165, 1.54) is 18.4 Å². The highest BCUT2D eigenvalue weighted by molar-refractivity contribution is 5.14. The van der Waals surface area contributed by atoms with Gasteiger partial charge in [-0.3, -0.25) is 4.90 Å². The van der Waals surface area contributed by atoms with Crippen LogP contribution in [0.2, 0.25) is 0 Å². The van der Waals surface area contributed by atoms with Crippen LogP contribution in [-0.4, -0.2) is 41.8 Å². The molecule has 3 rings (SSSR count). The van der Waals surface area contributed by atoms with E-state index >= 15 is 0 Å². The van der Waals surface area contributed by atoms with E-state index in [1.807, 2.05) is 0 Å². The van der Waals surface area contributed by atoms with Crippen molar-refractivity contribution in [3.63, 3.8) is 0 Å². The fourth-order valence-corrected chi connectivity index (χ4v) is 2.89. The maximum Gasteiger partial charge on any atom is 0.0605 e. The summed E-state index contributed by atoms with van der Waals surface area (Å²) in [4.78, 5) is 2.47. The summed E-state index contributed by atoms with van der Waals surface area (Å²) in [5, 5.41) is 13.7. The molecule has 2 unspecified atom stereocenters. The van der Waals surface area contributed by atoms with Gasteiger partial charge < -0.3 is 10.4 Å². The summed E-state index contributed by atoms with van der Waals surface area (Å²) in [5.41, 5.74) is 1.37. The molecule has 2 aliphatic rings. The molecule has 2 N–H and O–H groups in total. The minimum atomic E-state index is -0.127. The number of likely N-dealkylation sites (tertiary alicyclic amines) is 1. The minimum absolute atomic E-state index is 0.127. The Labute approximate surface area is 115 Å². The van der Waals surface area contributed by atoms with Crippen LogP contribution in [0.15, 0.2) is 30.3 Å². The summed E-state index contributed by atoms with van der Waals surface area (Å²) >= 11 is 0. The van der Waals surface area contributed by atoms with Crippen LogP contribution >= 0.6 is 0 Å². The van der Waals surface area contributed by atoms with Crippen molar-refractivity contribution in [1.29, 1.82) is 0 Å². The molecular weight excluding hydrogens is 236 g/mol. The summed E-state index contributed by atoms with van der Waals surface area (Å²) in [5.74, 6) is 0.387. The van der Waals surface area contributed by atoms with E-state index in [0.29, 0.717) is 5.92 Å². The van der Waals surface area contributed by atoms with Crippen molar-refractivity contribution in [2.24, 2.45) is 5.92 Å². The molecule has 0 amide bonds. The Morgan fingerprint density at radius 2 is 1.95 bits per heavy atom. The number of rotatable bonds is 5. The molecule has 0 bridgehead atoms. The van der Waals surface area contributed by atoms with Gasteiger partial charge in [-0.25, -0.2) is 0 Å². The Morgan fingerprint density at radius 1 is 1.16 bits per heavy atom. The minimum Gasteiger partial charge on any atom is -0.393 e. The number of hydrogen-bond donors (Lipinski definition) is 2. The highest BCUT2D eigenvalue weighted by atomic mass is 16.3. The number of aliphatic hydroxyl groups is 1. The van der Waals surface area contributed by atoms with Crippen LogP contribution in [0.25, 0.3) is 0 Å². The van der Waals surface area contributed by atoms with E-state index in [4.69, 9.17) is 0 Å². The van der Waals surface area contributed by atoms with Gasteiger partial charge in [0.1, 0.15) is 0 Å². The van der Waals surface area contributed by atoms with Crippen LogP contribution in [-0.2, 0) is 6.54 Å². The molecule has 0 aromatic heterocycles. The van der Waals surface area contributed by atoms with Gasteiger partial charge in [-0.2, -0.15) is 0 Å². The summed E-state index contributed by atoms with van der Waals surface area (Å²) in [6, 6.07) is 11.4. The number of nitrogens with zero attached hydrogens (tertiary/aromatic N) is 1. The maximum atomic E-state index is 10.1. The second kappa shape index (κ2) is 6.04. The Balaban J connectivity index is 1.51. The molecule has 3 nitrogen and oxygen atoms in total. The van der Waals surface area contributed by atoms with Crippen molar-refractivity contribution >= 4 is 0 Å². The number of piperidine rings is 1. The van der Waals surface area contributed by atoms with Crippen LogP contribution in [0.5, 0.6) is 0 Å². The Morgan fingerprint density at radius 3 is 2.68 bits per heavy atom. The second-order valence-electron chi connectivity index (χ2n) is 6.02. The summed E-state index contributed by atoms with van der Waals surface area (Å²) < 4.78 is 0. The lowest BCUT2D eigenvalue weighted by Crippen LogP contribution is -2.46. The molecule has 0 spiro atoms. The average molecular weight is 260 g/mol. The monoisotopic (exact) mass is 260 g/mol. The first kappa shape index (κ1) is 13.1. The van der Waals surface area contributed by atoms with Gasteiger partial charge in [-0.05, 0) is 24.8 Å². The zero-order valence-electron chi connectivity index (χ0n) is 11.5. The van der Waals surface area contributed by atoms with Gasteiger partial charge in [0.2, 0.25) is 0 Å². The third kappa shape index (κ3) is 3.78. The Kier molecular flexibility index (Phi) is 4.16. The average Bonchev–Trinajstić information content (AvgIpc) is 3.25. The second-order valence-corrected chi connectivity index (χ2v) is 6.02. The van der Waals surface area contributed by atoms with E-state index in [1.54, 1.807) is 0 Å². The molecule has 1 aromatic carbocycles. The first-order valence-electron chi connectivity index (χ1n) is 7.49. The highest BCUT2D eigenvalue weighted by Crippen LogP contribution is 2.22. The zero-order valence-corrected chi connectivity index (χ0v) is 11.5. The predicted molar refractivity (Wildman–Crippen MR) is 76.9 cm³/mol. The molecule has 1 saturated heterocycles. The van der Waals surface area contributed by atoms with E-state index in [0.717, 1.165) is 38.6 Å². The molecule has 2 atom stereocenters. The van der Waals surface area contributed by atoms with Gasteiger partial charge in [0, 0.05) is 38.1 Å². The van der Waals surface area contributed by atoms with Gasteiger partial charge in [0.05, 0.1) is 6.10 Å². The van der Waals surface area contributed by atoms with Crippen molar-refractivity contribution in [2.75, 3.05) is 19.6 Å². The predicted octanol–water partition coefficient (Wildman–Crippen LogP) is 1.62. The van der Waals surface area contributed by atoms with Gasteiger partial charge in [-0.15, -0.1) is 0 Å². The molecule has 1 aliphatic heterocycles. The van der Waals surface area contributed by atoms with E-state index in [9.17, 15) is 5.11 Å². The highest BCUT2D eigenvalue weighted by Gasteiger charge is 2.29. The van der Waals surface area contributed by atoms with Gasteiger partial charge in [-0.1, -0.05) is 30.3 Å². The van der Waals surface area contributed by atoms with Crippen molar-refractivity contribution in [3.05, 3.63) is 35.9 Å². The smallest absolute Gasteiger partial charge is 0.0605 e. The van der Waals surface area contributed by atoms with Crippen LogP contribution in [0.4, 0.5) is 0 Å². The van der Waals surface area contributed by atoms with Crippen LogP contribution in [0, 0.1) is 5.92 Å². The molecule has 1 saturated carbocycles. The summed E-state index contributed by atoms with van der Waals surface area (Å²) in [6.07, 6.45) is 3.41. The van der Waals surface area contributed by atoms with Crippen LogP contribution in [0.3, 0.4) is 0 Å². The molecule has 0 radical (unpaired) electrons. The number of hydrogen-bond acceptors (Lipinski definition) is 3. The quantitative estimate of drug-likeness (QED) is 0.844. The SMILES string of the molecule is OC1CCN(Cc2ccccc2)CC1CNC1CC1. The lowest BCUT2D eigenvalue weighted by molar-refractivity contribution is 0.0239. The van der Waals surface area contributed by atoms with Gasteiger partial charge >= 0.3 is 0 Å². The molecule has 1 heterocycles. The topological polar surface area (TPSA) is 35.5 Å². The molecule has 1 aromatic rings. The molecule has 104 valence electrons. The van der Waals surface area contributed by atoms with E-state index in [-0.39, 0.29) is 6.10 Å².